The second kappa shape index (κ2) is 11.5. The van der Waals surface area contributed by atoms with Gasteiger partial charge in [-0.15, -0.1) is 0 Å². The van der Waals surface area contributed by atoms with Crippen molar-refractivity contribution in [1.29, 1.82) is 0 Å². The summed E-state index contributed by atoms with van der Waals surface area (Å²) in [4.78, 5) is 0. The largest absolute Gasteiger partial charge is 0.457 e. The molecule has 0 aliphatic heterocycles. The van der Waals surface area contributed by atoms with E-state index in [-0.39, 0.29) is 0 Å². The van der Waals surface area contributed by atoms with Gasteiger partial charge < -0.3 is 9.47 Å². The van der Waals surface area contributed by atoms with Gasteiger partial charge in [0.15, 0.2) is 0 Å². The predicted octanol–water partition coefficient (Wildman–Crippen LogP) is 8.84. The molecule has 5 rings (SSSR count). The Bertz CT molecular complexity index is 1330. The molecule has 0 heterocycles. The van der Waals surface area contributed by atoms with Gasteiger partial charge in [0, 0.05) is 17.2 Å². The van der Waals surface area contributed by atoms with Crippen LogP contribution in [-0.2, 0) is 0 Å². The lowest BCUT2D eigenvalue weighted by atomic mass is 10.1. The van der Waals surface area contributed by atoms with Gasteiger partial charge in [-0.25, -0.2) is 0 Å². The topological polar surface area (TPSA) is 18.5 Å². The van der Waals surface area contributed by atoms with Gasteiger partial charge >= 0.3 is 0 Å². The molecule has 5 aromatic carbocycles. The average molecular weight is 467 g/mol. The third-order valence-electron chi connectivity index (χ3n) is 5.57. The van der Waals surface area contributed by atoms with Crippen LogP contribution in [0.4, 0.5) is 0 Å². The SMILES string of the molecule is C(=C(/Oc1cccc(O/C(=C\c2ccccc2)c2ccccc2)c1)c1ccccc1)/c1ccccc1. The van der Waals surface area contributed by atoms with Crippen molar-refractivity contribution in [2.75, 3.05) is 0 Å². The summed E-state index contributed by atoms with van der Waals surface area (Å²) >= 11 is 0. The van der Waals surface area contributed by atoms with Crippen molar-refractivity contribution in [1.82, 2.24) is 0 Å². The Labute approximate surface area is 212 Å². The lowest BCUT2D eigenvalue weighted by Crippen LogP contribution is -1.98. The summed E-state index contributed by atoms with van der Waals surface area (Å²) in [6.07, 6.45) is 4.10. The molecule has 0 unspecified atom stereocenters. The molecule has 36 heavy (non-hydrogen) atoms. The molecule has 0 bridgehead atoms. The maximum absolute atomic E-state index is 6.41. The Morgan fingerprint density at radius 2 is 0.750 bits per heavy atom. The van der Waals surface area contributed by atoms with Gasteiger partial charge in [-0.3, -0.25) is 0 Å². The minimum absolute atomic E-state index is 0.700. The zero-order valence-corrected chi connectivity index (χ0v) is 19.8. The molecule has 0 atom stereocenters. The summed E-state index contributed by atoms with van der Waals surface area (Å²) < 4.78 is 12.8. The third kappa shape index (κ3) is 6.19. The van der Waals surface area contributed by atoms with Gasteiger partial charge in [0.1, 0.15) is 23.0 Å². The van der Waals surface area contributed by atoms with Crippen LogP contribution in [0.1, 0.15) is 22.3 Å². The van der Waals surface area contributed by atoms with E-state index in [9.17, 15) is 0 Å². The van der Waals surface area contributed by atoms with Crippen LogP contribution in [0.2, 0.25) is 0 Å². The van der Waals surface area contributed by atoms with Crippen molar-refractivity contribution < 1.29 is 9.47 Å². The fourth-order valence-electron chi connectivity index (χ4n) is 3.80. The lowest BCUT2D eigenvalue weighted by molar-refractivity contribution is 0.494. The molecule has 0 aliphatic rings. The van der Waals surface area contributed by atoms with Crippen LogP contribution in [0.5, 0.6) is 11.5 Å². The van der Waals surface area contributed by atoms with Crippen LogP contribution < -0.4 is 9.47 Å². The fraction of sp³-hybridized carbons (Fsp3) is 0. The van der Waals surface area contributed by atoms with E-state index in [1.807, 2.05) is 133 Å². The van der Waals surface area contributed by atoms with E-state index in [0.717, 1.165) is 33.8 Å². The van der Waals surface area contributed by atoms with Gasteiger partial charge in [0.05, 0.1) is 0 Å². The summed E-state index contributed by atoms with van der Waals surface area (Å²) in [6.45, 7) is 0. The van der Waals surface area contributed by atoms with Crippen molar-refractivity contribution in [3.63, 3.8) is 0 Å². The zero-order valence-electron chi connectivity index (χ0n) is 19.8. The fourth-order valence-corrected chi connectivity index (χ4v) is 3.80. The van der Waals surface area contributed by atoms with Crippen LogP contribution >= 0.6 is 0 Å². The van der Waals surface area contributed by atoms with Crippen molar-refractivity contribution in [3.8, 4) is 11.5 Å². The summed E-state index contributed by atoms with van der Waals surface area (Å²) in [5.41, 5.74) is 4.14. The van der Waals surface area contributed by atoms with E-state index in [1.54, 1.807) is 0 Å². The van der Waals surface area contributed by atoms with Crippen molar-refractivity contribution >= 4 is 23.7 Å². The molecule has 0 radical (unpaired) electrons. The zero-order chi connectivity index (χ0) is 24.4. The Hall–Kier alpha value is -4.82. The molecule has 0 saturated carbocycles. The monoisotopic (exact) mass is 466 g/mol. The van der Waals surface area contributed by atoms with E-state index in [4.69, 9.17) is 9.47 Å². The van der Waals surface area contributed by atoms with Crippen LogP contribution in [0.25, 0.3) is 23.7 Å². The number of hydrogen-bond donors (Lipinski definition) is 0. The van der Waals surface area contributed by atoms with Gasteiger partial charge in [0.2, 0.25) is 0 Å². The molecular weight excluding hydrogens is 440 g/mol. The van der Waals surface area contributed by atoms with Crippen LogP contribution in [0.3, 0.4) is 0 Å². The third-order valence-corrected chi connectivity index (χ3v) is 5.57. The number of hydrogen-bond acceptors (Lipinski definition) is 2. The number of rotatable bonds is 8. The molecule has 0 spiro atoms. The lowest BCUT2D eigenvalue weighted by Gasteiger charge is -2.14. The first kappa shape index (κ1) is 22.9. The summed E-state index contributed by atoms with van der Waals surface area (Å²) in [5, 5.41) is 0. The average Bonchev–Trinajstić information content (AvgIpc) is 2.95. The highest BCUT2D eigenvalue weighted by atomic mass is 16.5. The molecule has 0 N–H and O–H groups in total. The highest BCUT2D eigenvalue weighted by Crippen LogP contribution is 2.29. The number of benzene rings is 5. The first-order valence-corrected chi connectivity index (χ1v) is 11.9. The Morgan fingerprint density at radius 3 is 1.14 bits per heavy atom. The molecule has 0 amide bonds. The molecule has 174 valence electrons. The van der Waals surface area contributed by atoms with E-state index in [2.05, 4.69) is 24.3 Å². The highest BCUT2D eigenvalue weighted by Gasteiger charge is 2.09. The van der Waals surface area contributed by atoms with Crippen LogP contribution in [-0.4, -0.2) is 0 Å². The Balaban J connectivity index is 1.45. The van der Waals surface area contributed by atoms with E-state index < -0.39 is 0 Å². The van der Waals surface area contributed by atoms with Crippen molar-refractivity contribution in [3.05, 3.63) is 168 Å². The molecule has 2 heteroatoms. The van der Waals surface area contributed by atoms with Crippen LogP contribution in [0, 0.1) is 0 Å². The van der Waals surface area contributed by atoms with Crippen LogP contribution in [0.15, 0.2) is 146 Å². The van der Waals surface area contributed by atoms with E-state index in [1.165, 1.54) is 0 Å². The van der Waals surface area contributed by atoms with Crippen molar-refractivity contribution in [2.45, 2.75) is 0 Å². The predicted molar refractivity (Wildman–Crippen MR) is 149 cm³/mol. The summed E-state index contributed by atoms with van der Waals surface area (Å²) in [7, 11) is 0. The second-order valence-electron chi connectivity index (χ2n) is 8.25. The minimum atomic E-state index is 0.700. The molecule has 0 fully saturated rings. The number of ether oxygens (including phenoxy) is 2. The normalized spacial score (nSPS) is 11.7. The first-order chi connectivity index (χ1) is 17.8. The van der Waals surface area contributed by atoms with Gasteiger partial charge in [-0.2, -0.15) is 0 Å². The molecule has 0 saturated heterocycles. The molecule has 2 nitrogen and oxygen atoms in total. The molecule has 5 aromatic rings. The van der Waals surface area contributed by atoms with Crippen molar-refractivity contribution in [2.24, 2.45) is 0 Å². The van der Waals surface area contributed by atoms with Gasteiger partial charge in [-0.1, -0.05) is 127 Å². The Morgan fingerprint density at radius 1 is 0.389 bits per heavy atom. The van der Waals surface area contributed by atoms with E-state index >= 15 is 0 Å². The van der Waals surface area contributed by atoms with E-state index in [0.29, 0.717) is 11.5 Å². The second-order valence-corrected chi connectivity index (χ2v) is 8.25. The van der Waals surface area contributed by atoms with Gasteiger partial charge in [-0.05, 0) is 35.4 Å². The Kier molecular flexibility index (Phi) is 7.36. The molecule has 0 aliphatic carbocycles. The molecule has 0 aromatic heterocycles. The smallest absolute Gasteiger partial charge is 0.135 e. The summed E-state index contributed by atoms with van der Waals surface area (Å²) in [5.74, 6) is 2.93. The standard InChI is InChI=1S/C34H26O2/c1-5-14-27(15-6-1)24-33(29-18-9-3-10-19-29)35-31-22-13-23-32(26-31)36-34(30-20-11-4-12-21-30)25-28-16-7-2-8-17-28/h1-26H/b33-24-,34-25-. The highest BCUT2D eigenvalue weighted by molar-refractivity contribution is 5.79. The maximum atomic E-state index is 6.41. The quantitative estimate of drug-likeness (QED) is 0.168. The first-order valence-electron chi connectivity index (χ1n) is 11.9. The summed E-state index contributed by atoms with van der Waals surface area (Å²) in [6, 6.07) is 48.3. The molecular formula is C34H26O2. The minimum Gasteiger partial charge on any atom is -0.457 e. The maximum Gasteiger partial charge on any atom is 0.135 e. The van der Waals surface area contributed by atoms with Gasteiger partial charge in [0.25, 0.3) is 0 Å².